The molecule has 1 aromatic rings. The molecule has 1 N–H and O–H groups in total. The number of rotatable bonds is 2. The molecule has 1 saturated heterocycles. The van der Waals surface area contributed by atoms with Crippen molar-refractivity contribution in [1.29, 1.82) is 0 Å². The van der Waals surface area contributed by atoms with Crippen molar-refractivity contribution >= 4 is 11.7 Å². The van der Waals surface area contributed by atoms with Gasteiger partial charge in [0.25, 0.3) is 0 Å². The van der Waals surface area contributed by atoms with Crippen LogP contribution in [-0.2, 0) is 0 Å². The third kappa shape index (κ3) is 2.14. The minimum atomic E-state index is -0.892. The van der Waals surface area contributed by atoms with E-state index >= 15 is 0 Å². The largest absolute Gasteiger partial charge is 0.478 e. The third-order valence-electron chi connectivity index (χ3n) is 2.87. The summed E-state index contributed by atoms with van der Waals surface area (Å²) in [6.07, 6.45) is 3.15. The van der Waals surface area contributed by atoms with E-state index in [2.05, 4.69) is 21.8 Å². The zero-order chi connectivity index (χ0) is 11.5. The highest BCUT2D eigenvalue weighted by Gasteiger charge is 2.19. The zero-order valence-corrected chi connectivity index (χ0v) is 9.26. The predicted octanol–water partition coefficient (Wildman–Crippen LogP) is 0.532. The number of anilines is 1. The van der Waals surface area contributed by atoms with Crippen LogP contribution < -0.4 is 4.90 Å². The Morgan fingerprint density at radius 2 is 2.06 bits per heavy atom. The predicted molar refractivity (Wildman–Crippen MR) is 60.9 cm³/mol. The van der Waals surface area contributed by atoms with Crippen LogP contribution in [0.3, 0.4) is 0 Å². The van der Waals surface area contributed by atoms with E-state index in [9.17, 15) is 4.79 Å². The van der Waals surface area contributed by atoms with E-state index in [1.54, 1.807) is 12.3 Å². The van der Waals surface area contributed by atoms with Crippen LogP contribution in [-0.4, -0.2) is 54.2 Å². The zero-order valence-electron chi connectivity index (χ0n) is 9.26. The summed E-state index contributed by atoms with van der Waals surface area (Å²) >= 11 is 0. The number of hydrogen-bond donors (Lipinski definition) is 1. The summed E-state index contributed by atoms with van der Waals surface area (Å²) in [5, 5.41) is 9.08. The van der Waals surface area contributed by atoms with Crippen molar-refractivity contribution in [2.24, 2.45) is 0 Å². The smallest absolute Gasteiger partial charge is 0.337 e. The van der Waals surface area contributed by atoms with Crippen LogP contribution in [0.4, 0.5) is 5.69 Å². The number of pyridine rings is 1. The average Bonchev–Trinajstić information content (AvgIpc) is 2.30. The van der Waals surface area contributed by atoms with E-state index < -0.39 is 5.97 Å². The molecule has 0 bridgehead atoms. The van der Waals surface area contributed by atoms with Gasteiger partial charge in [-0.2, -0.15) is 0 Å². The summed E-state index contributed by atoms with van der Waals surface area (Å²) in [5.41, 5.74) is 1.06. The first-order valence-electron chi connectivity index (χ1n) is 5.29. The average molecular weight is 221 g/mol. The Kier molecular flexibility index (Phi) is 3.05. The maximum Gasteiger partial charge on any atom is 0.337 e. The molecule has 0 aromatic carbocycles. The normalized spacial score (nSPS) is 17.4. The number of aromatic nitrogens is 1. The Hall–Kier alpha value is -1.62. The second-order valence-electron chi connectivity index (χ2n) is 3.99. The van der Waals surface area contributed by atoms with E-state index in [0.29, 0.717) is 5.56 Å². The first-order chi connectivity index (χ1) is 7.68. The van der Waals surface area contributed by atoms with Crippen molar-refractivity contribution in [1.82, 2.24) is 9.88 Å². The van der Waals surface area contributed by atoms with Gasteiger partial charge in [0.1, 0.15) is 0 Å². The Bertz CT molecular complexity index is 387. The number of hydrogen-bond acceptors (Lipinski definition) is 4. The Morgan fingerprint density at radius 3 is 2.69 bits per heavy atom. The highest BCUT2D eigenvalue weighted by molar-refractivity contribution is 5.94. The minimum Gasteiger partial charge on any atom is -0.478 e. The van der Waals surface area contributed by atoms with E-state index in [4.69, 9.17) is 5.11 Å². The molecule has 0 radical (unpaired) electrons. The SMILES string of the molecule is CN1CCN(c2cnccc2C(=O)O)CC1. The Labute approximate surface area is 94.3 Å². The summed E-state index contributed by atoms with van der Waals surface area (Å²) < 4.78 is 0. The summed E-state index contributed by atoms with van der Waals surface area (Å²) in [5.74, 6) is -0.892. The molecule has 2 heterocycles. The molecular weight excluding hydrogens is 206 g/mol. The van der Waals surface area contributed by atoms with Crippen molar-refractivity contribution in [2.45, 2.75) is 0 Å². The van der Waals surface area contributed by atoms with Crippen molar-refractivity contribution in [3.63, 3.8) is 0 Å². The lowest BCUT2D eigenvalue weighted by Crippen LogP contribution is -2.45. The van der Waals surface area contributed by atoms with E-state index in [-0.39, 0.29) is 0 Å². The maximum atomic E-state index is 11.1. The third-order valence-corrected chi connectivity index (χ3v) is 2.87. The number of carboxylic acids is 1. The van der Waals surface area contributed by atoms with Crippen molar-refractivity contribution in [3.8, 4) is 0 Å². The second-order valence-corrected chi connectivity index (χ2v) is 3.99. The highest BCUT2D eigenvalue weighted by Crippen LogP contribution is 2.20. The van der Waals surface area contributed by atoms with Gasteiger partial charge >= 0.3 is 5.97 Å². The summed E-state index contributed by atoms with van der Waals surface area (Å²) in [4.78, 5) is 19.4. The van der Waals surface area contributed by atoms with Gasteiger partial charge in [0.2, 0.25) is 0 Å². The lowest BCUT2D eigenvalue weighted by Gasteiger charge is -2.34. The van der Waals surface area contributed by atoms with Gasteiger partial charge in [-0.25, -0.2) is 4.79 Å². The number of carbonyl (C=O) groups is 1. The standard InChI is InChI=1S/C11H15N3O2/c1-13-4-6-14(7-5-13)10-8-12-3-2-9(10)11(15)16/h2-3,8H,4-7H2,1H3,(H,15,16). The molecule has 1 aliphatic heterocycles. The first-order valence-corrected chi connectivity index (χ1v) is 5.29. The van der Waals surface area contributed by atoms with Gasteiger partial charge in [-0.05, 0) is 13.1 Å². The molecule has 2 rings (SSSR count). The Balaban J connectivity index is 2.23. The molecule has 86 valence electrons. The maximum absolute atomic E-state index is 11.1. The fourth-order valence-electron chi connectivity index (χ4n) is 1.87. The van der Waals surface area contributed by atoms with Gasteiger partial charge in [-0.1, -0.05) is 0 Å². The quantitative estimate of drug-likeness (QED) is 0.789. The number of likely N-dealkylation sites (N-methyl/N-ethyl adjacent to an activating group) is 1. The topological polar surface area (TPSA) is 56.7 Å². The number of nitrogens with zero attached hydrogens (tertiary/aromatic N) is 3. The number of piperazine rings is 1. The van der Waals surface area contributed by atoms with Gasteiger partial charge < -0.3 is 14.9 Å². The molecule has 0 atom stereocenters. The second kappa shape index (κ2) is 4.49. The molecule has 0 aliphatic carbocycles. The summed E-state index contributed by atoms with van der Waals surface area (Å²) in [6.45, 7) is 3.60. The lowest BCUT2D eigenvalue weighted by atomic mass is 10.2. The Morgan fingerprint density at radius 1 is 1.38 bits per heavy atom. The molecule has 0 saturated carbocycles. The minimum absolute atomic E-state index is 0.333. The highest BCUT2D eigenvalue weighted by atomic mass is 16.4. The van der Waals surface area contributed by atoms with Crippen molar-refractivity contribution in [2.75, 3.05) is 38.1 Å². The lowest BCUT2D eigenvalue weighted by molar-refractivity contribution is 0.0697. The molecule has 1 aliphatic rings. The molecule has 1 aromatic heterocycles. The van der Waals surface area contributed by atoms with Gasteiger partial charge in [-0.3, -0.25) is 4.98 Å². The van der Waals surface area contributed by atoms with E-state index in [1.807, 2.05) is 0 Å². The first kappa shape index (κ1) is 10.9. The van der Waals surface area contributed by atoms with Crippen LogP contribution in [0.5, 0.6) is 0 Å². The molecule has 0 amide bonds. The monoisotopic (exact) mass is 221 g/mol. The van der Waals surface area contributed by atoms with Crippen LogP contribution in [0, 0.1) is 0 Å². The van der Waals surface area contributed by atoms with Gasteiger partial charge in [0.05, 0.1) is 17.4 Å². The van der Waals surface area contributed by atoms with Crippen molar-refractivity contribution < 1.29 is 9.90 Å². The number of carboxylic acid groups (broad SMARTS) is 1. The van der Waals surface area contributed by atoms with Gasteiger partial charge in [0, 0.05) is 32.4 Å². The molecule has 0 unspecified atom stereocenters. The van der Waals surface area contributed by atoms with Gasteiger partial charge in [0.15, 0.2) is 0 Å². The molecule has 5 nitrogen and oxygen atoms in total. The summed E-state index contributed by atoms with van der Waals surface area (Å²) in [7, 11) is 2.07. The van der Waals surface area contributed by atoms with E-state index in [0.717, 1.165) is 31.9 Å². The summed E-state index contributed by atoms with van der Waals surface area (Å²) in [6, 6.07) is 1.55. The molecule has 0 spiro atoms. The molecular formula is C11H15N3O2. The molecule has 16 heavy (non-hydrogen) atoms. The van der Waals surface area contributed by atoms with E-state index in [1.165, 1.54) is 6.20 Å². The van der Waals surface area contributed by atoms with Crippen LogP contribution >= 0.6 is 0 Å². The fourth-order valence-corrected chi connectivity index (χ4v) is 1.87. The number of aromatic carboxylic acids is 1. The van der Waals surface area contributed by atoms with Crippen molar-refractivity contribution in [3.05, 3.63) is 24.0 Å². The van der Waals surface area contributed by atoms with Crippen LogP contribution in [0.25, 0.3) is 0 Å². The van der Waals surface area contributed by atoms with Crippen LogP contribution in [0.1, 0.15) is 10.4 Å². The molecule has 1 fully saturated rings. The molecule has 5 heteroatoms. The fraction of sp³-hybridized carbons (Fsp3) is 0.455. The van der Waals surface area contributed by atoms with Gasteiger partial charge in [-0.15, -0.1) is 0 Å². The van der Waals surface area contributed by atoms with Crippen LogP contribution in [0.2, 0.25) is 0 Å². The van der Waals surface area contributed by atoms with Crippen LogP contribution in [0.15, 0.2) is 18.5 Å².